The van der Waals surface area contributed by atoms with Gasteiger partial charge in [0.15, 0.2) is 0 Å². The minimum absolute atomic E-state index is 0.124. The maximum atomic E-state index is 12.2. The molecule has 1 unspecified atom stereocenters. The number of carboxylic acid groups (broad SMARTS) is 1. The molecule has 6 heteroatoms. The highest BCUT2D eigenvalue weighted by Crippen LogP contribution is 2.40. The molecule has 6 nitrogen and oxygen atoms in total. The lowest BCUT2D eigenvalue weighted by molar-refractivity contribution is -0.141. The van der Waals surface area contributed by atoms with Crippen LogP contribution in [0.2, 0.25) is 0 Å². The summed E-state index contributed by atoms with van der Waals surface area (Å²) in [5.74, 6) is -1.64. The third-order valence-electron chi connectivity index (χ3n) is 5.19. The van der Waals surface area contributed by atoms with E-state index in [0.29, 0.717) is 18.8 Å². The molecule has 0 heterocycles. The first-order valence-electron chi connectivity index (χ1n) is 8.55. The molecule has 1 aliphatic rings. The predicted octanol–water partition coefficient (Wildman–Crippen LogP) is 1.79. The number of aliphatic carboxylic acids is 1. The van der Waals surface area contributed by atoms with Crippen molar-refractivity contribution in [1.82, 2.24) is 10.6 Å². The van der Waals surface area contributed by atoms with E-state index in [1.54, 1.807) is 7.05 Å². The second kappa shape index (κ2) is 8.89. The fourth-order valence-corrected chi connectivity index (χ4v) is 3.79. The Morgan fingerprint density at radius 1 is 1.17 bits per heavy atom. The highest BCUT2D eigenvalue weighted by molar-refractivity contribution is 5.81. The lowest BCUT2D eigenvalue weighted by Gasteiger charge is -2.31. The fourth-order valence-electron chi connectivity index (χ4n) is 3.79. The molecule has 2 amide bonds. The Kier molecular flexibility index (Phi) is 7.52. The van der Waals surface area contributed by atoms with Crippen LogP contribution in [-0.4, -0.2) is 36.0 Å². The van der Waals surface area contributed by atoms with Gasteiger partial charge in [0.05, 0.1) is 5.92 Å². The monoisotopic (exact) mass is 326 g/mol. The van der Waals surface area contributed by atoms with Gasteiger partial charge in [-0.3, -0.25) is 14.4 Å². The Bertz CT molecular complexity index is 434. The van der Waals surface area contributed by atoms with Gasteiger partial charge >= 0.3 is 5.97 Å². The van der Waals surface area contributed by atoms with Crippen molar-refractivity contribution < 1.29 is 19.5 Å². The molecule has 1 fully saturated rings. The first-order valence-corrected chi connectivity index (χ1v) is 8.55. The minimum atomic E-state index is -0.856. The second-order valence-electron chi connectivity index (χ2n) is 6.62. The maximum Gasteiger partial charge on any atom is 0.306 e. The number of carboxylic acids is 1. The number of nitrogens with one attached hydrogen (secondary N) is 2. The van der Waals surface area contributed by atoms with Crippen LogP contribution in [0.5, 0.6) is 0 Å². The van der Waals surface area contributed by atoms with E-state index in [0.717, 1.165) is 19.3 Å². The largest absolute Gasteiger partial charge is 0.481 e. The second-order valence-corrected chi connectivity index (χ2v) is 6.62. The third kappa shape index (κ3) is 5.22. The Hall–Kier alpha value is -1.59. The first-order chi connectivity index (χ1) is 10.8. The molecule has 1 saturated carbocycles. The lowest BCUT2D eigenvalue weighted by Crippen LogP contribution is -2.44. The predicted molar refractivity (Wildman–Crippen MR) is 87.7 cm³/mol. The Balaban J connectivity index is 3.00. The fraction of sp³-hybridized carbons (Fsp3) is 0.824. The molecule has 0 radical (unpaired) electrons. The topological polar surface area (TPSA) is 95.5 Å². The van der Waals surface area contributed by atoms with Crippen molar-refractivity contribution in [3.8, 4) is 0 Å². The molecule has 0 aromatic heterocycles. The van der Waals surface area contributed by atoms with Crippen molar-refractivity contribution >= 4 is 17.8 Å². The van der Waals surface area contributed by atoms with Crippen LogP contribution in [-0.2, 0) is 14.4 Å². The van der Waals surface area contributed by atoms with Crippen molar-refractivity contribution in [3.63, 3.8) is 0 Å². The molecule has 0 aromatic carbocycles. The summed E-state index contributed by atoms with van der Waals surface area (Å²) in [5, 5.41) is 14.9. The van der Waals surface area contributed by atoms with Crippen LogP contribution in [0, 0.1) is 23.7 Å². The summed E-state index contributed by atoms with van der Waals surface area (Å²) in [6.07, 6.45) is 3.59. The smallest absolute Gasteiger partial charge is 0.306 e. The molecule has 0 spiro atoms. The number of carbonyl (C=O) groups excluding carboxylic acids is 2. The number of carbonyl (C=O) groups is 3. The number of rotatable bonds is 8. The molecule has 4 atom stereocenters. The molecular weight excluding hydrogens is 296 g/mol. The van der Waals surface area contributed by atoms with Gasteiger partial charge in [0.2, 0.25) is 11.8 Å². The molecule has 1 aliphatic carbocycles. The van der Waals surface area contributed by atoms with Gasteiger partial charge < -0.3 is 15.7 Å². The van der Waals surface area contributed by atoms with E-state index in [9.17, 15) is 19.5 Å². The molecule has 3 N–H and O–H groups in total. The molecular formula is C17H30N2O4. The molecule has 1 rings (SSSR count). The van der Waals surface area contributed by atoms with E-state index in [-0.39, 0.29) is 29.7 Å². The summed E-state index contributed by atoms with van der Waals surface area (Å²) >= 11 is 0. The minimum Gasteiger partial charge on any atom is -0.481 e. The lowest BCUT2D eigenvalue weighted by atomic mass is 9.82. The summed E-state index contributed by atoms with van der Waals surface area (Å²) in [5.41, 5.74) is 0. The third-order valence-corrected chi connectivity index (χ3v) is 5.19. The summed E-state index contributed by atoms with van der Waals surface area (Å²) < 4.78 is 0. The van der Waals surface area contributed by atoms with E-state index in [1.165, 1.54) is 6.92 Å². The van der Waals surface area contributed by atoms with Crippen molar-refractivity contribution in [2.24, 2.45) is 23.7 Å². The van der Waals surface area contributed by atoms with Crippen LogP contribution >= 0.6 is 0 Å². The highest BCUT2D eigenvalue weighted by atomic mass is 16.4. The molecule has 23 heavy (non-hydrogen) atoms. The zero-order valence-corrected chi connectivity index (χ0v) is 14.6. The summed E-state index contributed by atoms with van der Waals surface area (Å²) in [6.45, 7) is 5.70. The Morgan fingerprint density at radius 3 is 2.22 bits per heavy atom. The van der Waals surface area contributed by atoms with Gasteiger partial charge in [-0.05, 0) is 31.1 Å². The maximum absolute atomic E-state index is 12.2. The average molecular weight is 326 g/mol. The van der Waals surface area contributed by atoms with E-state index in [1.807, 2.05) is 0 Å². The average Bonchev–Trinajstić information content (AvgIpc) is 2.95. The number of hydrogen-bond acceptors (Lipinski definition) is 3. The Labute approximate surface area is 138 Å². The Morgan fingerprint density at radius 2 is 1.78 bits per heavy atom. The van der Waals surface area contributed by atoms with Crippen LogP contribution in [0.15, 0.2) is 0 Å². The van der Waals surface area contributed by atoms with Gasteiger partial charge in [-0.2, -0.15) is 0 Å². The van der Waals surface area contributed by atoms with Crippen LogP contribution in [0.4, 0.5) is 0 Å². The first kappa shape index (κ1) is 19.5. The van der Waals surface area contributed by atoms with Gasteiger partial charge in [0.1, 0.15) is 0 Å². The van der Waals surface area contributed by atoms with E-state index in [2.05, 4.69) is 24.5 Å². The molecule has 0 aromatic rings. The van der Waals surface area contributed by atoms with Crippen molar-refractivity contribution in [3.05, 3.63) is 0 Å². The van der Waals surface area contributed by atoms with Gasteiger partial charge in [-0.25, -0.2) is 0 Å². The van der Waals surface area contributed by atoms with Gasteiger partial charge in [0.25, 0.3) is 0 Å². The van der Waals surface area contributed by atoms with Gasteiger partial charge in [-0.1, -0.05) is 26.7 Å². The van der Waals surface area contributed by atoms with Crippen molar-refractivity contribution in [1.29, 1.82) is 0 Å². The molecule has 0 aliphatic heterocycles. The highest BCUT2D eigenvalue weighted by Gasteiger charge is 2.45. The van der Waals surface area contributed by atoms with Crippen LogP contribution < -0.4 is 10.6 Å². The van der Waals surface area contributed by atoms with Crippen molar-refractivity contribution in [2.75, 3.05) is 7.05 Å². The normalized spacial score (nSPS) is 25.2. The van der Waals surface area contributed by atoms with E-state index in [4.69, 9.17) is 0 Å². The van der Waals surface area contributed by atoms with Gasteiger partial charge in [-0.15, -0.1) is 0 Å². The van der Waals surface area contributed by atoms with Gasteiger partial charge in [0, 0.05) is 25.9 Å². The summed E-state index contributed by atoms with van der Waals surface area (Å²) in [6, 6.07) is -0.149. The van der Waals surface area contributed by atoms with E-state index >= 15 is 0 Å². The van der Waals surface area contributed by atoms with Crippen molar-refractivity contribution in [2.45, 2.75) is 58.9 Å². The standard InChI is InChI=1S/C17H30N2O4/c1-5-11(6-2)7-15(19-10(3)20)13-8-12(17(22)23)9-14(13)16(21)18-4/h11-15H,5-9H2,1-4H3,(H,18,21)(H,19,20)(H,22,23)/t12-,13?,14-,15+/m1/s1. The zero-order valence-electron chi connectivity index (χ0n) is 14.6. The molecule has 132 valence electrons. The van der Waals surface area contributed by atoms with Crippen LogP contribution in [0.25, 0.3) is 0 Å². The quantitative estimate of drug-likeness (QED) is 0.633. The summed E-state index contributed by atoms with van der Waals surface area (Å²) in [7, 11) is 1.57. The van der Waals surface area contributed by atoms with Crippen LogP contribution in [0.3, 0.4) is 0 Å². The molecule has 0 saturated heterocycles. The van der Waals surface area contributed by atoms with Crippen LogP contribution in [0.1, 0.15) is 52.9 Å². The number of hydrogen-bond donors (Lipinski definition) is 3. The SMILES string of the molecule is CCC(CC)C[C@H](NC(C)=O)C1C[C@@H](C(=O)O)C[C@H]1C(=O)NC. The number of amides is 2. The van der Waals surface area contributed by atoms with E-state index < -0.39 is 11.9 Å². The zero-order chi connectivity index (χ0) is 17.6. The summed E-state index contributed by atoms with van der Waals surface area (Å²) in [4.78, 5) is 35.2. The molecule has 0 bridgehead atoms.